The second kappa shape index (κ2) is 7.00. The smallest absolute Gasteiger partial charge is 0.305 e. The number of hydrogen-bond donors (Lipinski definition) is 2. The first-order chi connectivity index (χ1) is 11.6. The van der Waals surface area contributed by atoms with Crippen molar-refractivity contribution >= 4 is 22.8 Å². The maximum absolute atomic E-state index is 13.0. The number of fused-ring (bicyclic) bond motifs is 1. The van der Waals surface area contributed by atoms with Crippen molar-refractivity contribution in [1.29, 1.82) is 0 Å². The first-order valence-electron chi connectivity index (χ1n) is 7.76. The van der Waals surface area contributed by atoms with E-state index in [9.17, 15) is 9.59 Å². The summed E-state index contributed by atoms with van der Waals surface area (Å²) in [7, 11) is 0. The SMILES string of the molecule is O=C(O)CCN(Cc1ccccc1)C(=O)c1cccc2cc[nH]c12. The molecule has 0 aliphatic heterocycles. The summed E-state index contributed by atoms with van der Waals surface area (Å²) in [5.74, 6) is -1.09. The number of aromatic nitrogens is 1. The molecule has 3 aromatic rings. The lowest BCUT2D eigenvalue weighted by Crippen LogP contribution is -2.32. The number of H-pyrrole nitrogens is 1. The summed E-state index contributed by atoms with van der Waals surface area (Å²) >= 11 is 0. The molecule has 0 aliphatic rings. The lowest BCUT2D eigenvalue weighted by molar-refractivity contribution is -0.137. The lowest BCUT2D eigenvalue weighted by atomic mass is 10.1. The largest absolute Gasteiger partial charge is 0.481 e. The minimum absolute atomic E-state index is 0.0841. The number of carboxylic acid groups (broad SMARTS) is 1. The van der Waals surface area contributed by atoms with Crippen LogP contribution in [0.1, 0.15) is 22.3 Å². The number of hydrogen-bond acceptors (Lipinski definition) is 2. The van der Waals surface area contributed by atoms with Gasteiger partial charge in [0.25, 0.3) is 5.91 Å². The molecule has 2 N–H and O–H groups in total. The summed E-state index contributed by atoms with van der Waals surface area (Å²) in [5.41, 5.74) is 2.30. The zero-order chi connectivity index (χ0) is 16.9. The molecule has 0 saturated carbocycles. The summed E-state index contributed by atoms with van der Waals surface area (Å²) in [6.45, 7) is 0.546. The topological polar surface area (TPSA) is 73.4 Å². The van der Waals surface area contributed by atoms with E-state index in [4.69, 9.17) is 5.11 Å². The Labute approximate surface area is 139 Å². The fourth-order valence-electron chi connectivity index (χ4n) is 2.72. The Morgan fingerprint density at radius 3 is 2.54 bits per heavy atom. The molecule has 122 valence electrons. The number of carboxylic acids is 1. The van der Waals surface area contributed by atoms with E-state index in [1.807, 2.05) is 48.5 Å². The van der Waals surface area contributed by atoms with E-state index in [2.05, 4.69) is 4.98 Å². The van der Waals surface area contributed by atoms with Crippen molar-refractivity contribution in [3.8, 4) is 0 Å². The van der Waals surface area contributed by atoms with Crippen molar-refractivity contribution in [3.05, 3.63) is 71.9 Å². The van der Waals surface area contributed by atoms with Crippen LogP contribution in [-0.4, -0.2) is 33.4 Å². The van der Waals surface area contributed by atoms with Crippen molar-refractivity contribution in [2.75, 3.05) is 6.54 Å². The van der Waals surface area contributed by atoms with Gasteiger partial charge in [0.1, 0.15) is 0 Å². The fraction of sp³-hybridized carbons (Fsp3) is 0.158. The number of aliphatic carboxylic acids is 1. The van der Waals surface area contributed by atoms with Gasteiger partial charge in [-0.25, -0.2) is 0 Å². The van der Waals surface area contributed by atoms with Crippen LogP contribution in [0, 0.1) is 0 Å². The Kier molecular flexibility index (Phi) is 4.61. The lowest BCUT2D eigenvalue weighted by Gasteiger charge is -2.22. The van der Waals surface area contributed by atoms with Crippen LogP contribution in [0.25, 0.3) is 10.9 Å². The second-order valence-corrected chi connectivity index (χ2v) is 5.60. The van der Waals surface area contributed by atoms with Gasteiger partial charge < -0.3 is 15.0 Å². The van der Waals surface area contributed by atoms with Gasteiger partial charge in [-0.3, -0.25) is 9.59 Å². The highest BCUT2D eigenvalue weighted by molar-refractivity contribution is 6.05. The molecule has 0 radical (unpaired) electrons. The third-order valence-corrected chi connectivity index (χ3v) is 3.92. The molecule has 0 spiro atoms. The predicted molar refractivity (Wildman–Crippen MR) is 91.7 cm³/mol. The van der Waals surface area contributed by atoms with E-state index in [1.165, 1.54) is 0 Å². The molecule has 0 bridgehead atoms. The van der Waals surface area contributed by atoms with E-state index in [0.717, 1.165) is 16.5 Å². The summed E-state index contributed by atoms with van der Waals surface area (Å²) < 4.78 is 0. The highest BCUT2D eigenvalue weighted by atomic mass is 16.4. The fourth-order valence-corrected chi connectivity index (χ4v) is 2.72. The summed E-state index contributed by atoms with van der Waals surface area (Å²) in [4.78, 5) is 28.6. The van der Waals surface area contributed by atoms with Crippen molar-refractivity contribution in [1.82, 2.24) is 9.88 Å². The van der Waals surface area contributed by atoms with Crippen LogP contribution in [0.5, 0.6) is 0 Å². The number of nitrogens with zero attached hydrogens (tertiary/aromatic N) is 1. The average molecular weight is 322 g/mol. The van der Waals surface area contributed by atoms with Gasteiger partial charge in [0.2, 0.25) is 0 Å². The zero-order valence-corrected chi connectivity index (χ0v) is 13.1. The third-order valence-electron chi connectivity index (χ3n) is 3.92. The Morgan fingerprint density at radius 1 is 1.00 bits per heavy atom. The van der Waals surface area contributed by atoms with E-state index >= 15 is 0 Å². The van der Waals surface area contributed by atoms with Gasteiger partial charge in [-0.05, 0) is 17.7 Å². The normalized spacial score (nSPS) is 10.7. The van der Waals surface area contributed by atoms with Crippen LogP contribution in [0.3, 0.4) is 0 Å². The summed E-state index contributed by atoms with van der Waals surface area (Å²) in [5, 5.41) is 9.93. The number of aromatic amines is 1. The van der Waals surface area contributed by atoms with E-state index in [1.54, 1.807) is 17.2 Å². The highest BCUT2D eigenvalue weighted by Crippen LogP contribution is 2.20. The minimum atomic E-state index is -0.918. The molecular weight excluding hydrogens is 304 g/mol. The van der Waals surface area contributed by atoms with Crippen molar-refractivity contribution in [2.45, 2.75) is 13.0 Å². The molecule has 1 heterocycles. The predicted octanol–water partition coefficient (Wildman–Crippen LogP) is 3.29. The first kappa shape index (κ1) is 15.8. The highest BCUT2D eigenvalue weighted by Gasteiger charge is 2.19. The Bertz CT molecular complexity index is 855. The summed E-state index contributed by atoms with van der Waals surface area (Å²) in [6.07, 6.45) is 1.71. The minimum Gasteiger partial charge on any atom is -0.481 e. The maximum atomic E-state index is 13.0. The number of carbonyl (C=O) groups is 2. The van der Waals surface area contributed by atoms with Gasteiger partial charge in [0.15, 0.2) is 0 Å². The monoisotopic (exact) mass is 322 g/mol. The van der Waals surface area contributed by atoms with Gasteiger partial charge in [-0.2, -0.15) is 0 Å². The van der Waals surface area contributed by atoms with Crippen LogP contribution in [0.4, 0.5) is 0 Å². The van der Waals surface area contributed by atoms with Crippen LogP contribution in [0.15, 0.2) is 60.8 Å². The van der Waals surface area contributed by atoms with Gasteiger partial charge in [-0.15, -0.1) is 0 Å². The van der Waals surface area contributed by atoms with Crippen LogP contribution in [-0.2, 0) is 11.3 Å². The van der Waals surface area contributed by atoms with Crippen LogP contribution >= 0.6 is 0 Å². The molecule has 5 nitrogen and oxygen atoms in total. The molecule has 5 heteroatoms. The van der Waals surface area contributed by atoms with Crippen molar-refractivity contribution in [2.24, 2.45) is 0 Å². The molecule has 1 amide bonds. The molecule has 0 unspecified atom stereocenters. The quantitative estimate of drug-likeness (QED) is 0.731. The zero-order valence-electron chi connectivity index (χ0n) is 13.1. The second-order valence-electron chi connectivity index (χ2n) is 5.60. The van der Waals surface area contributed by atoms with Crippen LogP contribution in [0.2, 0.25) is 0 Å². The number of rotatable bonds is 6. The molecule has 3 rings (SSSR count). The Balaban J connectivity index is 1.90. The number of carbonyl (C=O) groups excluding carboxylic acids is 1. The molecule has 0 fully saturated rings. The van der Waals surface area contributed by atoms with Crippen molar-refractivity contribution < 1.29 is 14.7 Å². The van der Waals surface area contributed by atoms with Crippen LogP contribution < -0.4 is 0 Å². The number of benzene rings is 2. The number of nitrogens with one attached hydrogen (secondary N) is 1. The molecule has 1 aromatic heterocycles. The number of amides is 1. The van der Waals surface area contributed by atoms with E-state index in [0.29, 0.717) is 12.1 Å². The van der Waals surface area contributed by atoms with E-state index in [-0.39, 0.29) is 18.9 Å². The number of para-hydroxylation sites is 1. The van der Waals surface area contributed by atoms with Crippen molar-refractivity contribution in [3.63, 3.8) is 0 Å². The van der Waals surface area contributed by atoms with Gasteiger partial charge in [-0.1, -0.05) is 42.5 Å². The van der Waals surface area contributed by atoms with Gasteiger partial charge >= 0.3 is 5.97 Å². The summed E-state index contributed by atoms with van der Waals surface area (Å²) in [6, 6.07) is 17.0. The Morgan fingerprint density at radius 2 is 1.79 bits per heavy atom. The molecule has 2 aromatic carbocycles. The molecule has 0 saturated heterocycles. The van der Waals surface area contributed by atoms with Gasteiger partial charge in [0, 0.05) is 24.7 Å². The molecule has 0 aliphatic carbocycles. The third kappa shape index (κ3) is 3.46. The maximum Gasteiger partial charge on any atom is 0.305 e. The Hall–Kier alpha value is -3.08. The van der Waals surface area contributed by atoms with Gasteiger partial charge in [0.05, 0.1) is 17.5 Å². The molecular formula is C19H18N2O3. The first-order valence-corrected chi connectivity index (χ1v) is 7.76. The molecule has 0 atom stereocenters. The van der Waals surface area contributed by atoms with E-state index < -0.39 is 5.97 Å². The standard InChI is InChI=1S/C19H18N2O3/c22-17(23)10-12-21(13-14-5-2-1-3-6-14)19(24)16-8-4-7-15-9-11-20-18(15)16/h1-9,11,20H,10,12-13H2,(H,22,23). The molecule has 24 heavy (non-hydrogen) atoms. The average Bonchev–Trinajstić information content (AvgIpc) is 3.07.